The van der Waals surface area contributed by atoms with Gasteiger partial charge in [0.1, 0.15) is 5.69 Å². The van der Waals surface area contributed by atoms with Gasteiger partial charge in [-0.25, -0.2) is 0 Å². The minimum absolute atomic E-state index is 0.241. The first-order valence-electron chi connectivity index (χ1n) is 4.57. The molecule has 0 saturated carbocycles. The summed E-state index contributed by atoms with van der Waals surface area (Å²) in [6.07, 6.45) is 1.06. The van der Waals surface area contributed by atoms with E-state index in [1.54, 1.807) is 12.3 Å². The molecule has 1 amide bonds. The average Bonchev–Trinajstić information content (AvgIpc) is 2.77. The molecule has 0 bridgehead atoms. The van der Waals surface area contributed by atoms with Gasteiger partial charge in [0, 0.05) is 10.7 Å². The Bertz CT molecular complexity index is 366. The maximum atomic E-state index is 11.6. The second-order valence-electron chi connectivity index (χ2n) is 3.42. The zero-order chi connectivity index (χ0) is 10.8. The molecular formula is C9H11BrN2O3. The van der Waals surface area contributed by atoms with E-state index in [1.807, 2.05) is 0 Å². The van der Waals surface area contributed by atoms with Crippen LogP contribution in [0, 0.1) is 0 Å². The Labute approximate surface area is 94.9 Å². The number of ether oxygens (including phenoxy) is 1. The molecule has 0 aromatic carbocycles. The normalized spacial score (nSPS) is 25.5. The van der Waals surface area contributed by atoms with Gasteiger partial charge >= 0.3 is 0 Å². The smallest absolute Gasteiger partial charge is 0.268 e. The zero-order valence-electron chi connectivity index (χ0n) is 7.87. The van der Waals surface area contributed by atoms with Crippen molar-refractivity contribution in [2.45, 2.75) is 12.1 Å². The molecule has 2 rings (SSSR count). The quantitative estimate of drug-likeness (QED) is 0.725. The third kappa shape index (κ3) is 2.39. The van der Waals surface area contributed by atoms with E-state index in [1.165, 1.54) is 0 Å². The highest BCUT2D eigenvalue weighted by Gasteiger charge is 2.28. The Balaban J connectivity index is 1.97. The molecule has 1 aliphatic heterocycles. The summed E-state index contributed by atoms with van der Waals surface area (Å²) in [6.45, 7) is 0.633. The summed E-state index contributed by atoms with van der Waals surface area (Å²) in [7, 11) is 0. The van der Waals surface area contributed by atoms with Crippen molar-refractivity contribution in [3.8, 4) is 0 Å². The van der Waals surface area contributed by atoms with Gasteiger partial charge in [-0.05, 0) is 22.0 Å². The van der Waals surface area contributed by atoms with Crippen LogP contribution >= 0.6 is 15.9 Å². The molecule has 2 atom stereocenters. The van der Waals surface area contributed by atoms with E-state index in [9.17, 15) is 9.90 Å². The van der Waals surface area contributed by atoms with Crippen LogP contribution in [-0.2, 0) is 4.74 Å². The molecule has 1 aliphatic rings. The lowest BCUT2D eigenvalue weighted by Gasteiger charge is -2.13. The van der Waals surface area contributed by atoms with Crippen molar-refractivity contribution < 1.29 is 14.6 Å². The minimum atomic E-state index is -0.618. The SMILES string of the molecule is O=C(N[C@@H]1COC[C@H]1O)c1cc(Br)c[nH]1. The first-order valence-corrected chi connectivity index (χ1v) is 5.36. The van der Waals surface area contributed by atoms with Crippen molar-refractivity contribution in [3.63, 3.8) is 0 Å². The van der Waals surface area contributed by atoms with E-state index in [0.29, 0.717) is 12.3 Å². The number of carbonyl (C=O) groups is 1. The number of hydrogen-bond acceptors (Lipinski definition) is 3. The number of aliphatic hydroxyl groups is 1. The van der Waals surface area contributed by atoms with Crippen molar-refractivity contribution in [2.24, 2.45) is 0 Å². The second-order valence-corrected chi connectivity index (χ2v) is 4.33. The summed E-state index contributed by atoms with van der Waals surface area (Å²) in [4.78, 5) is 14.4. The second kappa shape index (κ2) is 4.34. The molecule has 82 valence electrons. The molecule has 3 N–H and O–H groups in total. The molecule has 1 aromatic heterocycles. The third-order valence-corrected chi connectivity index (χ3v) is 2.72. The van der Waals surface area contributed by atoms with Crippen LogP contribution in [0.5, 0.6) is 0 Å². The highest BCUT2D eigenvalue weighted by molar-refractivity contribution is 9.10. The summed E-state index contributed by atoms with van der Waals surface area (Å²) < 4.78 is 5.84. The van der Waals surface area contributed by atoms with Gasteiger partial charge in [-0.2, -0.15) is 0 Å². The number of amides is 1. The van der Waals surface area contributed by atoms with Crippen LogP contribution in [0.2, 0.25) is 0 Å². The van der Waals surface area contributed by atoms with Gasteiger partial charge < -0.3 is 20.1 Å². The number of H-pyrrole nitrogens is 1. The Morgan fingerprint density at radius 3 is 3.00 bits per heavy atom. The molecule has 15 heavy (non-hydrogen) atoms. The molecule has 5 nitrogen and oxygen atoms in total. The van der Waals surface area contributed by atoms with E-state index >= 15 is 0 Å². The van der Waals surface area contributed by atoms with Gasteiger partial charge in [0.2, 0.25) is 0 Å². The van der Waals surface area contributed by atoms with Crippen LogP contribution in [0.4, 0.5) is 0 Å². The predicted octanol–water partition coefficient (Wildman–Crippen LogP) is 0.267. The van der Waals surface area contributed by atoms with Crippen LogP contribution in [0.3, 0.4) is 0 Å². The van der Waals surface area contributed by atoms with E-state index in [0.717, 1.165) is 4.47 Å². The number of carbonyl (C=O) groups excluding carboxylic acids is 1. The molecule has 6 heteroatoms. The standard InChI is InChI=1S/C9H11BrN2O3/c10-5-1-6(11-2-5)9(14)12-7-3-15-4-8(7)13/h1-2,7-8,11,13H,3-4H2,(H,12,14)/t7-,8-/m1/s1. The van der Waals surface area contributed by atoms with Crippen LogP contribution in [0.25, 0.3) is 0 Å². The summed E-state index contributed by atoms with van der Waals surface area (Å²) in [5, 5.41) is 12.1. The lowest BCUT2D eigenvalue weighted by atomic mass is 10.2. The molecular weight excluding hydrogens is 264 g/mol. The van der Waals surface area contributed by atoms with Crippen molar-refractivity contribution in [1.82, 2.24) is 10.3 Å². The summed E-state index contributed by atoms with van der Waals surface area (Å²) >= 11 is 3.24. The molecule has 0 radical (unpaired) electrons. The first kappa shape index (κ1) is 10.7. The van der Waals surface area contributed by atoms with Gasteiger partial charge in [0.15, 0.2) is 0 Å². The lowest BCUT2D eigenvalue weighted by Crippen LogP contribution is -2.42. The van der Waals surface area contributed by atoms with E-state index in [4.69, 9.17) is 4.74 Å². The van der Waals surface area contributed by atoms with E-state index in [-0.39, 0.29) is 18.6 Å². The van der Waals surface area contributed by atoms with Crippen molar-refractivity contribution in [2.75, 3.05) is 13.2 Å². The van der Waals surface area contributed by atoms with Gasteiger partial charge in [-0.3, -0.25) is 4.79 Å². The third-order valence-electron chi connectivity index (χ3n) is 2.26. The number of rotatable bonds is 2. The van der Waals surface area contributed by atoms with Crippen LogP contribution in [0.15, 0.2) is 16.7 Å². The zero-order valence-corrected chi connectivity index (χ0v) is 9.45. The molecule has 0 aliphatic carbocycles. The van der Waals surface area contributed by atoms with Crippen molar-refractivity contribution in [3.05, 3.63) is 22.4 Å². The predicted molar refractivity (Wildman–Crippen MR) is 56.6 cm³/mol. The fourth-order valence-corrected chi connectivity index (χ4v) is 1.77. The number of aromatic nitrogens is 1. The number of halogens is 1. The summed E-state index contributed by atoms with van der Waals surface area (Å²) in [5.74, 6) is -0.241. The van der Waals surface area contributed by atoms with Crippen LogP contribution in [0.1, 0.15) is 10.5 Å². The fraction of sp³-hybridized carbons (Fsp3) is 0.444. The summed E-state index contributed by atoms with van der Waals surface area (Å²) in [5.41, 5.74) is 0.459. The Morgan fingerprint density at radius 2 is 2.47 bits per heavy atom. The van der Waals surface area contributed by atoms with E-state index in [2.05, 4.69) is 26.2 Å². The van der Waals surface area contributed by atoms with Crippen molar-refractivity contribution >= 4 is 21.8 Å². The number of aromatic amines is 1. The largest absolute Gasteiger partial charge is 0.388 e. The Morgan fingerprint density at radius 1 is 1.67 bits per heavy atom. The highest BCUT2D eigenvalue weighted by Crippen LogP contribution is 2.11. The number of aliphatic hydroxyl groups excluding tert-OH is 1. The first-order chi connectivity index (χ1) is 7.16. The van der Waals surface area contributed by atoms with E-state index < -0.39 is 6.10 Å². The Hall–Kier alpha value is -0.850. The lowest BCUT2D eigenvalue weighted by molar-refractivity contribution is 0.0882. The average molecular weight is 275 g/mol. The Kier molecular flexibility index (Phi) is 3.08. The number of nitrogens with one attached hydrogen (secondary N) is 2. The molecule has 1 fully saturated rings. The molecule has 0 unspecified atom stereocenters. The molecule has 2 heterocycles. The van der Waals surface area contributed by atoms with Gasteiger partial charge in [0.05, 0.1) is 25.4 Å². The maximum Gasteiger partial charge on any atom is 0.268 e. The number of hydrogen-bond donors (Lipinski definition) is 3. The van der Waals surface area contributed by atoms with Crippen molar-refractivity contribution in [1.29, 1.82) is 0 Å². The minimum Gasteiger partial charge on any atom is -0.388 e. The van der Waals surface area contributed by atoms with Gasteiger partial charge in [-0.15, -0.1) is 0 Å². The maximum absolute atomic E-state index is 11.6. The van der Waals surface area contributed by atoms with Gasteiger partial charge in [0.25, 0.3) is 5.91 Å². The topological polar surface area (TPSA) is 74.3 Å². The van der Waals surface area contributed by atoms with Crippen LogP contribution < -0.4 is 5.32 Å². The molecule has 0 spiro atoms. The van der Waals surface area contributed by atoms with Gasteiger partial charge in [-0.1, -0.05) is 0 Å². The summed E-state index contributed by atoms with van der Waals surface area (Å²) in [6, 6.07) is 1.36. The molecule has 1 aromatic rings. The monoisotopic (exact) mass is 274 g/mol. The van der Waals surface area contributed by atoms with Crippen LogP contribution in [-0.4, -0.2) is 41.4 Å². The fourth-order valence-electron chi connectivity index (χ4n) is 1.43. The highest BCUT2D eigenvalue weighted by atomic mass is 79.9. The molecule has 1 saturated heterocycles.